The Morgan fingerprint density at radius 2 is 2.00 bits per heavy atom. The van der Waals surface area contributed by atoms with Gasteiger partial charge in [0.05, 0.1) is 4.92 Å². The van der Waals surface area contributed by atoms with E-state index in [1.807, 2.05) is 0 Å². The van der Waals surface area contributed by atoms with Gasteiger partial charge in [0.1, 0.15) is 18.0 Å². The van der Waals surface area contributed by atoms with Crippen molar-refractivity contribution in [2.24, 2.45) is 0 Å². The van der Waals surface area contributed by atoms with Crippen molar-refractivity contribution in [3.05, 3.63) is 52.7 Å². The molecule has 98 valence electrons. The first kappa shape index (κ1) is 13.3. The molecule has 2 aromatic rings. The lowest BCUT2D eigenvalue weighted by Crippen LogP contribution is -1.91. The highest BCUT2D eigenvalue weighted by molar-refractivity contribution is 7.99. The van der Waals surface area contributed by atoms with Crippen molar-refractivity contribution in [1.82, 2.24) is 4.98 Å². The maximum absolute atomic E-state index is 12.1. The van der Waals surface area contributed by atoms with Crippen molar-refractivity contribution >= 4 is 17.4 Å². The number of ether oxygens (including phenoxy) is 1. The fourth-order valence-corrected chi connectivity index (χ4v) is 1.78. The highest BCUT2D eigenvalue weighted by Crippen LogP contribution is 2.25. The average molecular weight is 280 g/mol. The van der Waals surface area contributed by atoms with Crippen LogP contribution in [0.3, 0.4) is 0 Å². The van der Waals surface area contributed by atoms with E-state index in [4.69, 9.17) is 4.74 Å². The molecular formula is C12H9FN2O3S. The summed E-state index contributed by atoms with van der Waals surface area (Å²) in [6.07, 6.45) is 1.13. The molecule has 2 rings (SSSR count). The first-order valence-electron chi connectivity index (χ1n) is 5.26. The largest absolute Gasteiger partial charge is 0.439 e. The van der Waals surface area contributed by atoms with Crippen LogP contribution in [-0.2, 0) is 0 Å². The van der Waals surface area contributed by atoms with Gasteiger partial charge < -0.3 is 4.74 Å². The van der Waals surface area contributed by atoms with Gasteiger partial charge in [0.2, 0.25) is 5.88 Å². The van der Waals surface area contributed by atoms with Crippen LogP contribution in [0.5, 0.6) is 11.6 Å². The van der Waals surface area contributed by atoms with E-state index >= 15 is 0 Å². The number of nitro groups is 1. The third-order valence-electron chi connectivity index (χ3n) is 2.20. The summed E-state index contributed by atoms with van der Waals surface area (Å²) in [5, 5.41) is 10.5. The molecule has 0 N–H and O–H groups in total. The Labute approximate surface area is 112 Å². The van der Waals surface area contributed by atoms with Crippen molar-refractivity contribution in [1.29, 1.82) is 0 Å². The Hall–Kier alpha value is -2.15. The van der Waals surface area contributed by atoms with Gasteiger partial charge in [0.25, 0.3) is 5.69 Å². The van der Waals surface area contributed by atoms with Crippen LogP contribution >= 0.6 is 11.8 Å². The summed E-state index contributed by atoms with van der Waals surface area (Å²) >= 11 is 1.08. The lowest BCUT2D eigenvalue weighted by Gasteiger charge is -2.04. The molecule has 0 fully saturated rings. The molecule has 0 aliphatic heterocycles. The van der Waals surface area contributed by atoms with Crippen molar-refractivity contribution in [2.45, 2.75) is 4.90 Å². The van der Waals surface area contributed by atoms with Crippen molar-refractivity contribution in [3.63, 3.8) is 0 Å². The van der Waals surface area contributed by atoms with Gasteiger partial charge in [-0.15, -0.1) is 0 Å². The Balaban J connectivity index is 2.06. The van der Waals surface area contributed by atoms with E-state index in [0.29, 0.717) is 5.75 Å². The van der Waals surface area contributed by atoms with Crippen LogP contribution in [0, 0.1) is 10.1 Å². The van der Waals surface area contributed by atoms with Crippen molar-refractivity contribution < 1.29 is 14.1 Å². The number of halogens is 1. The summed E-state index contributed by atoms with van der Waals surface area (Å²) in [7, 11) is 0. The van der Waals surface area contributed by atoms with Gasteiger partial charge >= 0.3 is 0 Å². The monoisotopic (exact) mass is 280 g/mol. The lowest BCUT2D eigenvalue weighted by atomic mass is 10.3. The summed E-state index contributed by atoms with van der Waals surface area (Å²) in [5.74, 6) is 0.793. The number of benzene rings is 1. The molecule has 19 heavy (non-hydrogen) atoms. The topological polar surface area (TPSA) is 65.3 Å². The summed E-state index contributed by atoms with van der Waals surface area (Å²) in [4.78, 5) is 14.6. The normalized spacial score (nSPS) is 10.2. The minimum atomic E-state index is -0.528. The van der Waals surface area contributed by atoms with Gasteiger partial charge in [0, 0.05) is 17.0 Å². The minimum absolute atomic E-state index is 0.0953. The number of rotatable bonds is 5. The zero-order valence-corrected chi connectivity index (χ0v) is 10.5. The predicted octanol–water partition coefficient (Wildman–Crippen LogP) is 3.80. The average Bonchev–Trinajstić information content (AvgIpc) is 2.42. The summed E-state index contributed by atoms with van der Waals surface area (Å²) < 4.78 is 17.5. The van der Waals surface area contributed by atoms with Gasteiger partial charge in [-0.25, -0.2) is 9.37 Å². The zero-order valence-electron chi connectivity index (χ0n) is 9.65. The molecule has 0 saturated heterocycles. The van der Waals surface area contributed by atoms with Crippen molar-refractivity contribution in [2.75, 3.05) is 6.01 Å². The van der Waals surface area contributed by atoms with Crippen LogP contribution in [0.1, 0.15) is 0 Å². The highest BCUT2D eigenvalue weighted by atomic mass is 32.2. The molecule has 0 amide bonds. The number of hydrogen-bond acceptors (Lipinski definition) is 5. The van der Waals surface area contributed by atoms with Crippen LogP contribution in [0.25, 0.3) is 0 Å². The predicted molar refractivity (Wildman–Crippen MR) is 69.2 cm³/mol. The number of pyridine rings is 1. The summed E-state index contributed by atoms with van der Waals surface area (Å²) in [6.45, 7) is 0. The molecule has 0 unspecified atom stereocenters. The smallest absolute Gasteiger partial charge is 0.287 e. The van der Waals surface area contributed by atoms with Crippen LogP contribution in [-0.4, -0.2) is 15.9 Å². The molecule has 1 aromatic heterocycles. The Bertz CT molecular complexity index is 560. The molecule has 0 aliphatic carbocycles. The molecule has 1 aromatic carbocycles. The van der Waals surface area contributed by atoms with E-state index < -0.39 is 10.9 Å². The molecule has 5 nitrogen and oxygen atoms in total. The number of thioether (sulfide) groups is 1. The molecule has 7 heteroatoms. The molecule has 1 heterocycles. The fourth-order valence-electron chi connectivity index (χ4n) is 1.33. The van der Waals surface area contributed by atoms with Gasteiger partial charge in [-0.2, -0.15) is 0 Å². The second-order valence-electron chi connectivity index (χ2n) is 3.44. The quantitative estimate of drug-likeness (QED) is 0.473. The maximum Gasteiger partial charge on any atom is 0.287 e. The Kier molecular flexibility index (Phi) is 4.30. The number of nitrogens with zero attached hydrogens (tertiary/aromatic N) is 2. The van der Waals surface area contributed by atoms with Gasteiger partial charge in [-0.3, -0.25) is 10.1 Å². The van der Waals surface area contributed by atoms with Crippen LogP contribution in [0.15, 0.2) is 47.5 Å². The fraction of sp³-hybridized carbons (Fsp3) is 0.0833. The van der Waals surface area contributed by atoms with Gasteiger partial charge in [-0.05, 0) is 24.3 Å². The van der Waals surface area contributed by atoms with Gasteiger partial charge in [0.15, 0.2) is 0 Å². The van der Waals surface area contributed by atoms with Gasteiger partial charge in [-0.1, -0.05) is 11.8 Å². The van der Waals surface area contributed by atoms with E-state index in [9.17, 15) is 14.5 Å². The Morgan fingerprint density at radius 3 is 2.53 bits per heavy atom. The van der Waals surface area contributed by atoms with E-state index in [1.54, 1.807) is 24.3 Å². The van der Waals surface area contributed by atoms with E-state index in [-0.39, 0.29) is 11.6 Å². The third-order valence-corrected chi connectivity index (χ3v) is 2.91. The minimum Gasteiger partial charge on any atom is -0.439 e. The van der Waals surface area contributed by atoms with Crippen LogP contribution < -0.4 is 4.74 Å². The second-order valence-corrected chi connectivity index (χ2v) is 4.42. The maximum atomic E-state index is 12.1. The van der Waals surface area contributed by atoms with E-state index in [2.05, 4.69) is 4.98 Å². The highest BCUT2D eigenvalue weighted by Gasteiger charge is 2.06. The number of alkyl halides is 1. The molecule has 0 bridgehead atoms. The molecule has 0 radical (unpaired) electrons. The first-order valence-corrected chi connectivity index (χ1v) is 6.25. The second kappa shape index (κ2) is 6.14. The van der Waals surface area contributed by atoms with Crippen molar-refractivity contribution in [3.8, 4) is 11.6 Å². The number of aromatic nitrogens is 1. The Morgan fingerprint density at radius 1 is 1.26 bits per heavy atom. The first-order chi connectivity index (χ1) is 9.19. The van der Waals surface area contributed by atoms with Crippen LogP contribution in [0.2, 0.25) is 0 Å². The molecule has 0 atom stereocenters. The molecule has 0 aliphatic rings. The molecular weight excluding hydrogens is 271 g/mol. The standard InChI is InChI=1S/C12H9FN2O3S/c13-8-19-11-4-2-10(3-5-11)18-12-6-1-9(7-14-12)15(16)17/h1-7H,8H2. The number of hydrogen-bond donors (Lipinski definition) is 0. The third kappa shape index (κ3) is 3.65. The summed E-state index contributed by atoms with van der Waals surface area (Å²) in [5.41, 5.74) is -0.0953. The van der Waals surface area contributed by atoms with Crippen LogP contribution in [0.4, 0.5) is 10.1 Å². The molecule has 0 spiro atoms. The molecule has 0 saturated carbocycles. The van der Waals surface area contributed by atoms with E-state index in [0.717, 1.165) is 22.9 Å². The summed E-state index contributed by atoms with van der Waals surface area (Å²) in [6, 6.07) is 9.07. The SMILES string of the molecule is O=[N+]([O-])c1ccc(Oc2ccc(SCF)cc2)nc1. The zero-order chi connectivity index (χ0) is 13.7. The lowest BCUT2D eigenvalue weighted by molar-refractivity contribution is -0.385. The van der Waals surface area contributed by atoms with E-state index in [1.165, 1.54) is 12.1 Å².